The van der Waals surface area contributed by atoms with E-state index in [4.69, 9.17) is 28.9 Å². The Morgan fingerprint density at radius 1 is 1.29 bits per heavy atom. The molecule has 5 nitrogen and oxygen atoms in total. The Labute approximate surface area is 134 Å². The second kappa shape index (κ2) is 6.12. The van der Waals surface area contributed by atoms with Gasteiger partial charge in [-0.2, -0.15) is 4.31 Å². The molecular formula is C13H16Cl2N2O3S. The van der Waals surface area contributed by atoms with Gasteiger partial charge >= 0.3 is 0 Å². The Balaban J connectivity index is 2.36. The molecular weight excluding hydrogens is 335 g/mol. The minimum Gasteiger partial charge on any atom is -0.369 e. The molecule has 1 heterocycles. The van der Waals surface area contributed by atoms with E-state index < -0.39 is 21.8 Å². The average molecular weight is 351 g/mol. The molecule has 2 N–H and O–H groups in total. The number of piperidine rings is 1. The van der Waals surface area contributed by atoms with Crippen LogP contribution in [0.2, 0.25) is 10.0 Å². The number of halogens is 2. The van der Waals surface area contributed by atoms with Gasteiger partial charge in [-0.15, -0.1) is 0 Å². The molecule has 0 spiro atoms. The molecule has 1 aromatic rings. The second-order valence-electron chi connectivity index (χ2n) is 5.18. The number of benzene rings is 1. The van der Waals surface area contributed by atoms with Crippen molar-refractivity contribution in [1.82, 2.24) is 4.31 Å². The van der Waals surface area contributed by atoms with Gasteiger partial charge in [-0.1, -0.05) is 23.2 Å². The van der Waals surface area contributed by atoms with Crippen molar-refractivity contribution in [3.63, 3.8) is 0 Å². The molecule has 1 aromatic carbocycles. The molecule has 1 amide bonds. The Kier molecular flexibility index (Phi) is 4.82. The quantitative estimate of drug-likeness (QED) is 0.907. The summed E-state index contributed by atoms with van der Waals surface area (Å²) in [5.74, 6) is -0.935. The summed E-state index contributed by atoms with van der Waals surface area (Å²) in [6, 6.07) is 3.97. The van der Waals surface area contributed by atoms with Crippen molar-refractivity contribution in [2.45, 2.75) is 30.7 Å². The Morgan fingerprint density at radius 3 is 2.52 bits per heavy atom. The zero-order chi connectivity index (χ0) is 15.8. The van der Waals surface area contributed by atoms with Crippen LogP contribution in [-0.2, 0) is 14.8 Å². The van der Waals surface area contributed by atoms with Gasteiger partial charge in [0, 0.05) is 12.6 Å². The van der Waals surface area contributed by atoms with Crippen LogP contribution in [0.5, 0.6) is 0 Å². The largest absolute Gasteiger partial charge is 0.369 e. The van der Waals surface area contributed by atoms with E-state index in [1.54, 1.807) is 0 Å². The highest BCUT2D eigenvalue weighted by Gasteiger charge is 2.36. The van der Waals surface area contributed by atoms with Crippen molar-refractivity contribution in [1.29, 1.82) is 0 Å². The van der Waals surface area contributed by atoms with E-state index in [0.717, 1.165) is 0 Å². The predicted octanol–water partition coefficient (Wildman–Crippen LogP) is 2.27. The summed E-state index contributed by atoms with van der Waals surface area (Å²) in [5.41, 5.74) is 5.30. The topological polar surface area (TPSA) is 80.5 Å². The summed E-state index contributed by atoms with van der Waals surface area (Å²) >= 11 is 11.7. The molecule has 0 unspecified atom stereocenters. The molecule has 0 bridgehead atoms. The summed E-state index contributed by atoms with van der Waals surface area (Å²) in [7, 11) is -3.73. The van der Waals surface area contributed by atoms with Gasteiger partial charge < -0.3 is 5.73 Å². The third-order valence-corrected chi connectivity index (χ3v) is 6.44. The number of hydrogen-bond acceptors (Lipinski definition) is 3. The third kappa shape index (κ3) is 3.34. The van der Waals surface area contributed by atoms with Crippen LogP contribution >= 0.6 is 23.2 Å². The molecule has 1 aliphatic rings. The summed E-state index contributed by atoms with van der Waals surface area (Å²) in [6.07, 6.45) is 1.19. The Hall–Kier alpha value is -0.820. The van der Waals surface area contributed by atoms with E-state index in [-0.39, 0.29) is 27.5 Å². The molecule has 0 radical (unpaired) electrons. The second-order valence-corrected chi connectivity index (χ2v) is 7.88. The zero-order valence-electron chi connectivity index (χ0n) is 11.4. The van der Waals surface area contributed by atoms with Gasteiger partial charge in [0.25, 0.3) is 0 Å². The molecule has 21 heavy (non-hydrogen) atoms. The first-order valence-corrected chi connectivity index (χ1v) is 8.69. The Bertz CT molecular complexity index is 663. The number of nitrogens with zero attached hydrogens (tertiary/aromatic N) is 1. The van der Waals surface area contributed by atoms with Crippen molar-refractivity contribution in [3.8, 4) is 0 Å². The standard InChI is InChI=1S/C13H16Cl2N2O3S/c1-8-2-3-9(13(16)18)7-17(8)21(19,20)10-4-5-11(14)12(15)6-10/h4-6,8-9H,2-3,7H2,1H3,(H2,16,18)/t8-,9+/m1/s1. The molecule has 0 aromatic heterocycles. The monoisotopic (exact) mass is 350 g/mol. The van der Waals surface area contributed by atoms with Crippen molar-refractivity contribution in [2.24, 2.45) is 11.7 Å². The number of carbonyl (C=O) groups excluding carboxylic acids is 1. The molecule has 1 fully saturated rings. The van der Waals surface area contributed by atoms with Gasteiger partial charge in [0.15, 0.2) is 0 Å². The van der Waals surface area contributed by atoms with Crippen LogP contribution in [-0.4, -0.2) is 31.2 Å². The summed E-state index contributed by atoms with van der Waals surface area (Å²) in [6.45, 7) is 1.91. The Morgan fingerprint density at radius 2 is 1.95 bits per heavy atom. The molecule has 0 aliphatic carbocycles. The fourth-order valence-electron chi connectivity index (χ4n) is 2.41. The minimum atomic E-state index is -3.73. The van der Waals surface area contributed by atoms with Crippen LogP contribution in [0.25, 0.3) is 0 Å². The minimum absolute atomic E-state index is 0.0638. The van der Waals surface area contributed by atoms with Crippen LogP contribution in [0.4, 0.5) is 0 Å². The molecule has 0 saturated carbocycles. The molecule has 116 valence electrons. The lowest BCUT2D eigenvalue weighted by Crippen LogP contribution is -2.48. The number of primary amides is 1. The number of carbonyl (C=O) groups is 1. The fourth-order valence-corrected chi connectivity index (χ4v) is 4.51. The van der Waals surface area contributed by atoms with Gasteiger partial charge in [0.05, 0.1) is 20.9 Å². The first-order chi connectivity index (χ1) is 9.73. The number of sulfonamides is 1. The van der Waals surface area contributed by atoms with Crippen LogP contribution in [0.3, 0.4) is 0 Å². The smallest absolute Gasteiger partial charge is 0.243 e. The number of hydrogen-bond donors (Lipinski definition) is 1. The average Bonchev–Trinajstić information content (AvgIpc) is 2.41. The van der Waals surface area contributed by atoms with Crippen LogP contribution in [0.15, 0.2) is 23.1 Å². The number of rotatable bonds is 3. The van der Waals surface area contributed by atoms with Crippen molar-refractivity contribution >= 4 is 39.1 Å². The lowest BCUT2D eigenvalue weighted by Gasteiger charge is -2.35. The first kappa shape index (κ1) is 16.5. The maximum atomic E-state index is 12.7. The molecule has 2 atom stereocenters. The van der Waals surface area contributed by atoms with E-state index in [9.17, 15) is 13.2 Å². The van der Waals surface area contributed by atoms with Gasteiger partial charge in [-0.25, -0.2) is 8.42 Å². The summed E-state index contributed by atoms with van der Waals surface area (Å²) in [5, 5.41) is 0.464. The third-order valence-electron chi connectivity index (χ3n) is 3.72. The van der Waals surface area contributed by atoms with E-state index >= 15 is 0 Å². The van der Waals surface area contributed by atoms with Crippen molar-refractivity contribution in [3.05, 3.63) is 28.2 Å². The molecule has 1 saturated heterocycles. The van der Waals surface area contributed by atoms with Crippen LogP contribution in [0.1, 0.15) is 19.8 Å². The van der Waals surface area contributed by atoms with Gasteiger partial charge in [0.1, 0.15) is 0 Å². The van der Waals surface area contributed by atoms with E-state index in [0.29, 0.717) is 12.8 Å². The maximum absolute atomic E-state index is 12.7. The van der Waals surface area contributed by atoms with E-state index in [1.165, 1.54) is 22.5 Å². The van der Waals surface area contributed by atoms with Crippen molar-refractivity contribution in [2.75, 3.05) is 6.54 Å². The highest BCUT2D eigenvalue weighted by atomic mass is 35.5. The van der Waals surface area contributed by atoms with Gasteiger partial charge in [-0.05, 0) is 38.0 Å². The predicted molar refractivity (Wildman–Crippen MR) is 81.7 cm³/mol. The zero-order valence-corrected chi connectivity index (χ0v) is 13.7. The van der Waals surface area contributed by atoms with Crippen LogP contribution < -0.4 is 5.73 Å². The lowest BCUT2D eigenvalue weighted by molar-refractivity contribution is -0.123. The maximum Gasteiger partial charge on any atom is 0.243 e. The van der Waals surface area contributed by atoms with Crippen LogP contribution in [0, 0.1) is 5.92 Å². The number of nitrogens with two attached hydrogens (primary N) is 1. The lowest BCUT2D eigenvalue weighted by atomic mass is 9.95. The normalized spacial score (nSPS) is 24.0. The summed E-state index contributed by atoms with van der Waals surface area (Å²) < 4.78 is 26.7. The van der Waals surface area contributed by atoms with Gasteiger partial charge in [0.2, 0.25) is 15.9 Å². The molecule has 8 heteroatoms. The van der Waals surface area contributed by atoms with E-state index in [2.05, 4.69) is 0 Å². The molecule has 1 aliphatic heterocycles. The fraction of sp³-hybridized carbons (Fsp3) is 0.462. The first-order valence-electron chi connectivity index (χ1n) is 6.49. The van der Waals surface area contributed by atoms with Gasteiger partial charge in [-0.3, -0.25) is 4.79 Å². The van der Waals surface area contributed by atoms with E-state index in [1.807, 2.05) is 6.92 Å². The highest BCUT2D eigenvalue weighted by Crippen LogP contribution is 2.31. The highest BCUT2D eigenvalue weighted by molar-refractivity contribution is 7.89. The summed E-state index contributed by atoms with van der Waals surface area (Å²) in [4.78, 5) is 11.4. The number of amides is 1. The SMILES string of the molecule is C[C@@H]1CC[C@H](C(N)=O)CN1S(=O)(=O)c1ccc(Cl)c(Cl)c1. The molecule has 2 rings (SSSR count). The van der Waals surface area contributed by atoms with Crippen molar-refractivity contribution < 1.29 is 13.2 Å².